The minimum absolute atomic E-state index is 0. The molecule has 0 rings (SSSR count). The molecule has 0 fully saturated rings. The Kier molecular flexibility index (Phi) is 135. The number of ketones is 3. The molecule has 0 unspecified atom stereocenters. The highest BCUT2D eigenvalue weighted by atomic mass is 16.5. The fraction of sp³-hybridized carbons (Fsp3) is 0.714. The zero-order valence-electron chi connectivity index (χ0n) is 18.6. The van der Waals surface area contributed by atoms with Gasteiger partial charge in [-0.3, -0.25) is 33.6 Å². The van der Waals surface area contributed by atoms with E-state index in [0.717, 1.165) is 6.42 Å². The third kappa shape index (κ3) is 126. The smallest absolute Gasteiger partial charge is 0.371 e. The second-order valence-corrected chi connectivity index (χ2v) is 5.35. The molecule has 0 atom stereocenters. The summed E-state index contributed by atoms with van der Waals surface area (Å²) in [5.41, 5.74) is 0. The number of carbonyl (C=O) groups is 8. The maximum atomic E-state index is 10.2. The predicted octanol–water partition coefficient (Wildman–Crippen LogP) is 5.89. The summed E-state index contributed by atoms with van der Waals surface area (Å²) in [6.45, 7) is 6.90. The molecule has 0 spiro atoms. The van der Waals surface area contributed by atoms with Gasteiger partial charge in [-0.2, -0.15) is 0 Å². The highest BCUT2D eigenvalue weighted by Crippen LogP contribution is 1.86. The van der Waals surface area contributed by atoms with Gasteiger partial charge in [0.25, 0.3) is 6.47 Å². The Morgan fingerprint density at radius 1 is 0.600 bits per heavy atom. The van der Waals surface area contributed by atoms with E-state index in [1.165, 1.54) is 34.8 Å². The predicted molar refractivity (Wildman–Crippen MR) is 165 cm³/mol. The van der Waals surface area contributed by atoms with Crippen molar-refractivity contribution < 1.29 is 57.3 Å². The Labute approximate surface area is 246 Å². The molecule has 250 valence electrons. The van der Waals surface area contributed by atoms with E-state index >= 15 is 0 Å². The van der Waals surface area contributed by atoms with Crippen molar-refractivity contribution in [2.45, 2.75) is 114 Å². The van der Waals surface area contributed by atoms with Gasteiger partial charge >= 0.3 is 17.9 Å². The molecule has 0 amide bonds. The van der Waals surface area contributed by atoms with E-state index in [4.69, 9.17) is 0 Å². The summed E-state index contributed by atoms with van der Waals surface area (Å²) >= 11 is 0. The van der Waals surface area contributed by atoms with Crippen molar-refractivity contribution in [1.29, 1.82) is 0 Å². The van der Waals surface area contributed by atoms with E-state index in [9.17, 15) is 38.4 Å². The van der Waals surface area contributed by atoms with Gasteiger partial charge in [-0.15, -0.1) is 0 Å². The summed E-state index contributed by atoms with van der Waals surface area (Å²) in [6, 6.07) is 0. The van der Waals surface area contributed by atoms with Crippen molar-refractivity contribution in [1.82, 2.24) is 0 Å². The third-order valence-corrected chi connectivity index (χ3v) is 2.03. The molecule has 0 radical (unpaired) electrons. The van der Waals surface area contributed by atoms with Crippen LogP contribution in [0.3, 0.4) is 0 Å². The third-order valence-electron chi connectivity index (χ3n) is 2.03. The Bertz CT molecular complexity index is 572. The lowest BCUT2D eigenvalue weighted by atomic mass is 10.3. The SMILES string of the molecule is C.C.C.C.C.C.C.C.C.CC(=O)COC(=O)C=O.CC(=O)COC(C)=O.CC(=O)COC=O.CCCC(=O)OC. The summed E-state index contributed by atoms with van der Waals surface area (Å²) in [5.74, 6) is -2.12. The van der Waals surface area contributed by atoms with Gasteiger partial charge in [0.1, 0.15) is 19.8 Å². The van der Waals surface area contributed by atoms with Crippen LogP contribution in [0.2, 0.25) is 0 Å². The van der Waals surface area contributed by atoms with Gasteiger partial charge < -0.3 is 18.9 Å². The molecular formula is C28H66O12. The minimum Gasteiger partial charge on any atom is -0.469 e. The fourth-order valence-electron chi connectivity index (χ4n) is 0.868. The van der Waals surface area contributed by atoms with Crippen LogP contribution in [0.15, 0.2) is 0 Å². The molecule has 0 aliphatic rings. The normalized spacial score (nSPS) is 6.25. The number of rotatable bonds is 10. The lowest BCUT2D eigenvalue weighted by molar-refractivity contribution is -0.151. The molecule has 0 aliphatic carbocycles. The molecule has 12 nitrogen and oxygen atoms in total. The van der Waals surface area contributed by atoms with Gasteiger partial charge in [-0.1, -0.05) is 73.8 Å². The average Bonchev–Trinajstić information content (AvgIpc) is 2.70. The van der Waals surface area contributed by atoms with Crippen molar-refractivity contribution in [2.75, 3.05) is 26.9 Å². The molecule has 0 saturated heterocycles. The van der Waals surface area contributed by atoms with Gasteiger partial charge in [0.05, 0.1) is 7.11 Å². The molecule has 0 aromatic rings. The van der Waals surface area contributed by atoms with Gasteiger partial charge in [0.2, 0.25) is 6.29 Å². The molecule has 0 N–H and O–H groups in total. The van der Waals surface area contributed by atoms with Crippen molar-refractivity contribution in [3.05, 3.63) is 0 Å². The summed E-state index contributed by atoms with van der Waals surface area (Å²) in [4.78, 5) is 79.1. The number of esters is 3. The Morgan fingerprint density at radius 2 is 0.950 bits per heavy atom. The first-order valence-corrected chi connectivity index (χ1v) is 8.73. The number of carbonyl (C=O) groups excluding carboxylic acids is 8. The van der Waals surface area contributed by atoms with Crippen LogP contribution < -0.4 is 0 Å². The summed E-state index contributed by atoms with van der Waals surface area (Å²) in [5, 5.41) is 0. The Morgan fingerprint density at radius 3 is 1.10 bits per heavy atom. The molecule has 0 aromatic carbocycles. The van der Waals surface area contributed by atoms with Gasteiger partial charge in [-0.25, -0.2) is 4.79 Å². The first kappa shape index (κ1) is 83.3. The number of Topliss-reactive ketones (excluding diaryl/α,β-unsaturated/α-hetero) is 3. The molecule has 0 aromatic heterocycles. The number of hydrogen-bond acceptors (Lipinski definition) is 12. The summed E-state index contributed by atoms with van der Waals surface area (Å²) < 4.78 is 16.8. The molecule has 0 bridgehead atoms. The fourth-order valence-corrected chi connectivity index (χ4v) is 0.868. The number of aldehydes is 1. The van der Waals surface area contributed by atoms with Gasteiger partial charge in [0.15, 0.2) is 17.3 Å². The summed E-state index contributed by atoms with van der Waals surface area (Å²) in [6.07, 6.45) is 1.42. The van der Waals surface area contributed by atoms with Crippen LogP contribution in [0, 0.1) is 0 Å². The molecule has 0 aliphatic heterocycles. The molecule has 0 saturated carbocycles. The molecule has 0 heterocycles. The average molecular weight is 595 g/mol. The lowest BCUT2D eigenvalue weighted by Crippen LogP contribution is -2.11. The van der Waals surface area contributed by atoms with E-state index in [-0.39, 0.29) is 123 Å². The maximum Gasteiger partial charge on any atom is 0.371 e. The first-order chi connectivity index (χ1) is 14.4. The highest BCUT2D eigenvalue weighted by Gasteiger charge is 1.99. The van der Waals surface area contributed by atoms with E-state index < -0.39 is 11.9 Å². The zero-order valence-corrected chi connectivity index (χ0v) is 18.6. The van der Waals surface area contributed by atoms with E-state index in [0.29, 0.717) is 6.42 Å². The van der Waals surface area contributed by atoms with Crippen LogP contribution >= 0.6 is 0 Å². The van der Waals surface area contributed by atoms with Crippen LogP contribution in [-0.4, -0.2) is 74.9 Å². The van der Waals surface area contributed by atoms with Crippen LogP contribution in [0.25, 0.3) is 0 Å². The molecule has 40 heavy (non-hydrogen) atoms. The lowest BCUT2D eigenvalue weighted by Gasteiger charge is -1.93. The largest absolute Gasteiger partial charge is 0.469 e. The van der Waals surface area contributed by atoms with Gasteiger partial charge in [-0.05, 0) is 27.2 Å². The van der Waals surface area contributed by atoms with Crippen molar-refractivity contribution >= 4 is 48.0 Å². The van der Waals surface area contributed by atoms with Crippen molar-refractivity contribution in [3.63, 3.8) is 0 Å². The molecule has 12 heteroatoms. The monoisotopic (exact) mass is 594 g/mol. The quantitative estimate of drug-likeness (QED) is 0.127. The Balaban J connectivity index is -0.0000000206. The van der Waals surface area contributed by atoms with Crippen molar-refractivity contribution in [3.8, 4) is 0 Å². The number of ether oxygens (including phenoxy) is 4. The molecular weight excluding hydrogens is 528 g/mol. The second-order valence-electron chi connectivity index (χ2n) is 5.35. The Hall–Kier alpha value is -3.44. The number of methoxy groups -OCH3 is 1. The maximum absolute atomic E-state index is 10.2. The number of hydrogen-bond donors (Lipinski definition) is 0. The topological polar surface area (TPSA) is 173 Å². The van der Waals surface area contributed by atoms with E-state index in [2.05, 4.69) is 18.9 Å². The van der Waals surface area contributed by atoms with Gasteiger partial charge in [0, 0.05) is 13.3 Å². The zero-order chi connectivity index (χ0) is 25.2. The second kappa shape index (κ2) is 65.0. The minimum atomic E-state index is -1.01. The standard InChI is InChI=1S/C5H6O4.C5H8O3.C5H10O2.C4H6O3.9CH4/c1-4(7)3-9-5(8)2-6;1-4(6)3-8-5(2)7;1-3-4-5(6)7-2;1-4(6)2-7-3-5;;;;;;;;;/h2H,3H2,1H3;3H2,1-2H3;3-4H2,1-2H3;3H,2H2,1H3;9*1H4. The van der Waals surface area contributed by atoms with Crippen LogP contribution in [0.5, 0.6) is 0 Å². The van der Waals surface area contributed by atoms with Crippen LogP contribution in [0.1, 0.15) is 114 Å². The van der Waals surface area contributed by atoms with E-state index in [1.807, 2.05) is 6.92 Å². The van der Waals surface area contributed by atoms with Crippen LogP contribution in [0.4, 0.5) is 0 Å². The van der Waals surface area contributed by atoms with E-state index in [1.54, 1.807) is 0 Å². The van der Waals surface area contributed by atoms with Crippen molar-refractivity contribution in [2.24, 2.45) is 0 Å². The van der Waals surface area contributed by atoms with Crippen LogP contribution in [-0.2, 0) is 57.3 Å². The summed E-state index contributed by atoms with van der Waals surface area (Å²) in [7, 11) is 1.40. The first-order valence-electron chi connectivity index (χ1n) is 8.73. The highest BCUT2D eigenvalue weighted by molar-refractivity contribution is 6.20.